The number of carbonyl (C=O) groups excluding carboxylic acids is 2. The molecule has 3 heterocycles. The Morgan fingerprint density at radius 1 is 1.00 bits per heavy atom. The zero-order valence-corrected chi connectivity index (χ0v) is 15.0. The van der Waals surface area contributed by atoms with Gasteiger partial charge in [-0.3, -0.25) is 14.6 Å². The van der Waals surface area contributed by atoms with Gasteiger partial charge in [-0.2, -0.15) is 0 Å². The van der Waals surface area contributed by atoms with E-state index < -0.39 is 0 Å². The third kappa shape index (κ3) is 4.41. The number of carbonyl (C=O) groups is 2. The fourth-order valence-electron chi connectivity index (χ4n) is 2.97. The maximum absolute atomic E-state index is 12.7. The summed E-state index contributed by atoms with van der Waals surface area (Å²) < 4.78 is 0. The Kier molecular flexibility index (Phi) is 5.88. The van der Waals surface area contributed by atoms with Crippen molar-refractivity contribution in [2.75, 3.05) is 26.2 Å². The molecule has 1 saturated heterocycles. The monoisotopic (exact) mass is 353 g/mol. The Morgan fingerprint density at radius 3 is 2.42 bits per heavy atom. The van der Waals surface area contributed by atoms with Crippen LogP contribution in [0.1, 0.15) is 35.2 Å². The fraction of sp³-hybridized carbons (Fsp3) is 0.421. The predicted octanol–water partition coefficient (Wildman–Crippen LogP) is 1.35. The lowest BCUT2D eigenvalue weighted by molar-refractivity contribution is -0.130. The predicted molar refractivity (Wildman–Crippen MR) is 96.5 cm³/mol. The third-order valence-electron chi connectivity index (χ3n) is 4.46. The average Bonchev–Trinajstić information content (AvgIpc) is 2.94. The quantitative estimate of drug-likeness (QED) is 0.829. The highest BCUT2D eigenvalue weighted by Gasteiger charge is 2.23. The van der Waals surface area contributed by atoms with Crippen molar-refractivity contribution < 1.29 is 9.59 Å². The van der Waals surface area contributed by atoms with E-state index in [1.807, 2.05) is 30.0 Å². The molecule has 0 atom stereocenters. The lowest BCUT2D eigenvalue weighted by Gasteiger charge is -2.22. The summed E-state index contributed by atoms with van der Waals surface area (Å²) in [5, 5.41) is 0. The van der Waals surface area contributed by atoms with Crippen molar-refractivity contribution in [3.63, 3.8) is 0 Å². The van der Waals surface area contributed by atoms with Crippen LogP contribution in [0.4, 0.5) is 0 Å². The second kappa shape index (κ2) is 8.51. The molecule has 136 valence electrons. The van der Waals surface area contributed by atoms with E-state index in [-0.39, 0.29) is 11.8 Å². The van der Waals surface area contributed by atoms with Crippen molar-refractivity contribution in [1.29, 1.82) is 0 Å². The second-order valence-corrected chi connectivity index (χ2v) is 6.27. The van der Waals surface area contributed by atoms with Gasteiger partial charge >= 0.3 is 0 Å². The van der Waals surface area contributed by atoms with Crippen molar-refractivity contribution in [2.45, 2.75) is 26.2 Å². The first-order chi connectivity index (χ1) is 12.7. The van der Waals surface area contributed by atoms with Gasteiger partial charge in [0.2, 0.25) is 5.91 Å². The summed E-state index contributed by atoms with van der Waals surface area (Å²) in [6.07, 6.45) is 6.66. The number of pyridine rings is 1. The van der Waals surface area contributed by atoms with E-state index in [4.69, 9.17) is 0 Å². The van der Waals surface area contributed by atoms with Crippen LogP contribution in [0.25, 0.3) is 0 Å². The molecule has 0 N–H and O–H groups in total. The van der Waals surface area contributed by atoms with Crippen LogP contribution in [-0.4, -0.2) is 62.7 Å². The summed E-state index contributed by atoms with van der Waals surface area (Å²) in [4.78, 5) is 41.3. The summed E-state index contributed by atoms with van der Waals surface area (Å²) in [7, 11) is 0. The van der Waals surface area contributed by atoms with Crippen molar-refractivity contribution in [2.24, 2.45) is 0 Å². The van der Waals surface area contributed by atoms with Gasteiger partial charge in [0.25, 0.3) is 5.91 Å². The van der Waals surface area contributed by atoms with Crippen LogP contribution < -0.4 is 0 Å². The maximum Gasteiger partial charge on any atom is 0.257 e. The highest BCUT2D eigenvalue weighted by atomic mass is 16.2. The first-order valence-corrected chi connectivity index (χ1v) is 8.95. The number of rotatable bonds is 4. The molecule has 1 aliphatic rings. The molecule has 1 aliphatic heterocycles. The van der Waals surface area contributed by atoms with Crippen LogP contribution in [0.3, 0.4) is 0 Å². The van der Waals surface area contributed by atoms with Gasteiger partial charge in [0.15, 0.2) is 0 Å². The van der Waals surface area contributed by atoms with Gasteiger partial charge in [-0.15, -0.1) is 0 Å². The highest BCUT2D eigenvalue weighted by molar-refractivity contribution is 5.93. The average molecular weight is 353 g/mol. The zero-order valence-electron chi connectivity index (χ0n) is 15.0. The van der Waals surface area contributed by atoms with Crippen molar-refractivity contribution in [3.05, 3.63) is 53.9 Å². The van der Waals surface area contributed by atoms with Gasteiger partial charge in [0.05, 0.1) is 12.0 Å². The molecule has 26 heavy (non-hydrogen) atoms. The molecule has 0 saturated carbocycles. The zero-order chi connectivity index (χ0) is 18.4. The summed E-state index contributed by atoms with van der Waals surface area (Å²) in [6, 6.07) is 5.57. The third-order valence-corrected chi connectivity index (χ3v) is 4.46. The van der Waals surface area contributed by atoms with E-state index in [0.29, 0.717) is 38.2 Å². The molecular formula is C19H23N5O2. The second-order valence-electron chi connectivity index (χ2n) is 6.27. The molecule has 0 aliphatic carbocycles. The smallest absolute Gasteiger partial charge is 0.257 e. The molecule has 0 spiro atoms. The highest BCUT2D eigenvalue weighted by Crippen LogP contribution is 2.10. The molecule has 0 aromatic carbocycles. The minimum atomic E-state index is -0.0771. The summed E-state index contributed by atoms with van der Waals surface area (Å²) in [6.45, 7) is 4.30. The van der Waals surface area contributed by atoms with Gasteiger partial charge < -0.3 is 9.80 Å². The van der Waals surface area contributed by atoms with Gasteiger partial charge in [0, 0.05) is 56.9 Å². The molecule has 2 aromatic rings. The molecule has 0 radical (unpaired) electrons. The van der Waals surface area contributed by atoms with Crippen LogP contribution in [0.5, 0.6) is 0 Å². The largest absolute Gasteiger partial charge is 0.341 e. The van der Waals surface area contributed by atoms with Crippen LogP contribution >= 0.6 is 0 Å². The van der Waals surface area contributed by atoms with Crippen molar-refractivity contribution in [3.8, 4) is 0 Å². The Balaban J connectivity index is 1.58. The van der Waals surface area contributed by atoms with E-state index in [0.717, 1.165) is 24.4 Å². The van der Waals surface area contributed by atoms with E-state index in [1.165, 1.54) is 0 Å². The standard InChI is InChI=1S/C19H23N5O2/c1-2-17-21-13-15(14-22-17)19(26)24-9-5-8-23(10-11-24)18(25)12-16-6-3-4-7-20-16/h3-4,6-7,13-14H,2,5,8-12H2,1H3. The molecular weight excluding hydrogens is 330 g/mol. The molecule has 3 rings (SSSR count). The number of aromatic nitrogens is 3. The van der Waals surface area contributed by atoms with E-state index in [1.54, 1.807) is 23.5 Å². The first kappa shape index (κ1) is 18.0. The lowest BCUT2D eigenvalue weighted by atomic mass is 10.2. The Bertz CT molecular complexity index is 748. The summed E-state index contributed by atoms with van der Waals surface area (Å²) >= 11 is 0. The van der Waals surface area contributed by atoms with Crippen molar-refractivity contribution in [1.82, 2.24) is 24.8 Å². The van der Waals surface area contributed by atoms with Gasteiger partial charge in [-0.1, -0.05) is 13.0 Å². The number of amides is 2. The summed E-state index contributed by atoms with van der Waals surface area (Å²) in [5.74, 6) is 0.698. The van der Waals surface area contributed by atoms with Crippen LogP contribution in [-0.2, 0) is 17.6 Å². The minimum Gasteiger partial charge on any atom is -0.341 e. The van der Waals surface area contributed by atoms with Crippen molar-refractivity contribution >= 4 is 11.8 Å². The molecule has 7 nitrogen and oxygen atoms in total. The molecule has 0 bridgehead atoms. The van der Waals surface area contributed by atoms with E-state index in [9.17, 15) is 9.59 Å². The van der Waals surface area contributed by atoms with Crippen LogP contribution in [0.15, 0.2) is 36.8 Å². The number of hydrogen-bond acceptors (Lipinski definition) is 5. The number of nitrogens with zero attached hydrogens (tertiary/aromatic N) is 5. The van der Waals surface area contributed by atoms with Crippen LogP contribution in [0.2, 0.25) is 0 Å². The Hall–Kier alpha value is -2.83. The van der Waals surface area contributed by atoms with Crippen LogP contribution in [0, 0.1) is 0 Å². The van der Waals surface area contributed by atoms with Gasteiger partial charge in [0.1, 0.15) is 5.82 Å². The summed E-state index contributed by atoms with van der Waals surface area (Å²) in [5.41, 5.74) is 1.26. The molecule has 2 aromatic heterocycles. The maximum atomic E-state index is 12.7. The lowest BCUT2D eigenvalue weighted by Crippen LogP contribution is -2.38. The molecule has 7 heteroatoms. The normalized spacial score (nSPS) is 14.8. The Labute approximate surface area is 153 Å². The fourth-order valence-corrected chi connectivity index (χ4v) is 2.97. The van der Waals surface area contributed by atoms with Gasteiger partial charge in [-0.05, 0) is 18.6 Å². The minimum absolute atomic E-state index is 0.0497. The topological polar surface area (TPSA) is 79.3 Å². The van der Waals surface area contributed by atoms with Gasteiger partial charge in [-0.25, -0.2) is 9.97 Å². The number of aryl methyl sites for hydroxylation is 1. The molecule has 1 fully saturated rings. The SMILES string of the molecule is CCc1ncc(C(=O)N2CCCN(C(=O)Cc3ccccn3)CC2)cn1. The molecule has 2 amide bonds. The first-order valence-electron chi connectivity index (χ1n) is 8.95. The Morgan fingerprint density at radius 2 is 1.73 bits per heavy atom. The van der Waals surface area contributed by atoms with E-state index >= 15 is 0 Å². The number of hydrogen-bond donors (Lipinski definition) is 0. The van der Waals surface area contributed by atoms with E-state index in [2.05, 4.69) is 15.0 Å². The molecule has 0 unspecified atom stereocenters.